The van der Waals surface area contributed by atoms with Crippen molar-refractivity contribution in [3.05, 3.63) is 62.9 Å². The molecule has 0 heterocycles. The Morgan fingerprint density at radius 2 is 2.00 bits per heavy atom. The molecule has 21 heavy (non-hydrogen) atoms. The zero-order chi connectivity index (χ0) is 15.6. The molecule has 0 aliphatic carbocycles. The summed E-state index contributed by atoms with van der Waals surface area (Å²) in [6.45, 7) is 1.19. The van der Waals surface area contributed by atoms with Crippen molar-refractivity contribution in [2.75, 3.05) is 0 Å². The molecule has 0 saturated heterocycles. The third-order valence-electron chi connectivity index (χ3n) is 2.67. The van der Waals surface area contributed by atoms with Crippen molar-refractivity contribution in [1.82, 2.24) is 0 Å². The number of nitro groups is 1. The van der Waals surface area contributed by atoms with E-state index in [9.17, 15) is 19.3 Å². The van der Waals surface area contributed by atoms with Crippen molar-refractivity contribution < 1.29 is 18.8 Å². The van der Waals surface area contributed by atoms with Gasteiger partial charge in [0.2, 0.25) is 0 Å². The van der Waals surface area contributed by atoms with Gasteiger partial charge in [0.05, 0.1) is 21.6 Å². The van der Waals surface area contributed by atoms with Gasteiger partial charge in [-0.1, -0.05) is 17.7 Å². The first-order chi connectivity index (χ1) is 9.90. The van der Waals surface area contributed by atoms with Gasteiger partial charge in [0.15, 0.2) is 11.5 Å². The molecule has 5 nitrogen and oxygen atoms in total. The summed E-state index contributed by atoms with van der Waals surface area (Å²) in [5, 5.41) is 10.8. The topological polar surface area (TPSA) is 69.4 Å². The Hall–Kier alpha value is -2.47. The number of nitrogens with zero attached hydrogens (tertiary/aromatic N) is 1. The molecule has 0 aromatic heterocycles. The minimum Gasteiger partial charge on any atom is -0.455 e. The standard InChI is InChI=1S/C14H9ClFNO4/c1-8(18)14-11(16)3-2-4-12(14)21-13-7-9(17(19)20)5-6-10(13)15/h2-7H,1H3. The average molecular weight is 310 g/mol. The molecule has 0 N–H and O–H groups in total. The quantitative estimate of drug-likeness (QED) is 0.477. The molecular formula is C14H9ClFNO4. The molecule has 108 valence electrons. The van der Waals surface area contributed by atoms with Crippen LogP contribution in [0.25, 0.3) is 0 Å². The fourth-order valence-corrected chi connectivity index (χ4v) is 1.89. The van der Waals surface area contributed by atoms with E-state index in [1.165, 1.54) is 31.2 Å². The van der Waals surface area contributed by atoms with E-state index in [0.717, 1.165) is 12.1 Å². The molecule has 0 saturated carbocycles. The molecule has 0 aliphatic rings. The maximum atomic E-state index is 13.7. The van der Waals surface area contributed by atoms with Crippen molar-refractivity contribution in [2.24, 2.45) is 0 Å². The van der Waals surface area contributed by atoms with Crippen LogP contribution in [0.2, 0.25) is 5.02 Å². The number of hydrogen-bond donors (Lipinski definition) is 0. The second-order valence-corrected chi connectivity index (χ2v) is 4.55. The van der Waals surface area contributed by atoms with Gasteiger partial charge < -0.3 is 4.74 Å². The van der Waals surface area contributed by atoms with Gasteiger partial charge >= 0.3 is 0 Å². The van der Waals surface area contributed by atoms with E-state index in [1.54, 1.807) is 0 Å². The number of rotatable bonds is 4. The van der Waals surface area contributed by atoms with Gasteiger partial charge in [0.25, 0.3) is 5.69 Å². The van der Waals surface area contributed by atoms with Crippen LogP contribution in [0.1, 0.15) is 17.3 Å². The van der Waals surface area contributed by atoms with Gasteiger partial charge in [-0.25, -0.2) is 4.39 Å². The van der Waals surface area contributed by atoms with Crippen LogP contribution >= 0.6 is 11.6 Å². The smallest absolute Gasteiger partial charge is 0.273 e. The van der Waals surface area contributed by atoms with E-state index in [-0.39, 0.29) is 27.8 Å². The molecule has 2 rings (SSSR count). The first-order valence-electron chi connectivity index (χ1n) is 5.81. The molecule has 0 amide bonds. The zero-order valence-corrected chi connectivity index (χ0v) is 11.6. The highest BCUT2D eigenvalue weighted by Gasteiger charge is 2.17. The van der Waals surface area contributed by atoms with Crippen LogP contribution in [-0.4, -0.2) is 10.7 Å². The number of ketones is 1. The van der Waals surface area contributed by atoms with Gasteiger partial charge in [0, 0.05) is 6.07 Å². The van der Waals surface area contributed by atoms with E-state index < -0.39 is 16.5 Å². The Morgan fingerprint density at radius 3 is 2.62 bits per heavy atom. The maximum absolute atomic E-state index is 13.7. The molecule has 0 unspecified atom stereocenters. The Labute approximate surface area is 124 Å². The molecule has 2 aromatic rings. The Morgan fingerprint density at radius 1 is 1.29 bits per heavy atom. The number of Topliss-reactive ketones (excluding diaryl/α,β-unsaturated/α-hetero) is 1. The fraction of sp³-hybridized carbons (Fsp3) is 0.0714. The Kier molecular flexibility index (Phi) is 4.18. The summed E-state index contributed by atoms with van der Waals surface area (Å²) in [5.41, 5.74) is -0.463. The van der Waals surface area contributed by atoms with E-state index >= 15 is 0 Å². The number of halogens is 2. The monoisotopic (exact) mass is 309 g/mol. The predicted octanol–water partition coefficient (Wildman–Crippen LogP) is 4.38. The van der Waals surface area contributed by atoms with Gasteiger partial charge in [-0.15, -0.1) is 0 Å². The number of carbonyl (C=O) groups is 1. The molecule has 2 aromatic carbocycles. The summed E-state index contributed by atoms with van der Waals surface area (Å²) in [6.07, 6.45) is 0. The molecule has 0 aliphatic heterocycles. The number of non-ortho nitro benzene ring substituents is 1. The van der Waals surface area contributed by atoms with Crippen LogP contribution in [0.3, 0.4) is 0 Å². The Bertz CT molecular complexity index is 733. The first-order valence-corrected chi connectivity index (χ1v) is 6.19. The van der Waals surface area contributed by atoms with Gasteiger partial charge in [-0.3, -0.25) is 14.9 Å². The van der Waals surface area contributed by atoms with Crippen LogP contribution in [0.4, 0.5) is 10.1 Å². The molecular weight excluding hydrogens is 301 g/mol. The van der Waals surface area contributed by atoms with Crippen molar-refractivity contribution >= 4 is 23.1 Å². The number of ether oxygens (including phenoxy) is 1. The largest absolute Gasteiger partial charge is 0.455 e. The Balaban J connectivity index is 2.48. The van der Waals surface area contributed by atoms with E-state index in [0.29, 0.717) is 0 Å². The van der Waals surface area contributed by atoms with Gasteiger partial charge in [-0.05, 0) is 25.1 Å². The van der Waals surface area contributed by atoms with Crippen molar-refractivity contribution in [2.45, 2.75) is 6.92 Å². The third kappa shape index (κ3) is 3.17. The second-order valence-electron chi connectivity index (χ2n) is 4.14. The highest BCUT2D eigenvalue weighted by Crippen LogP contribution is 2.34. The zero-order valence-electron chi connectivity index (χ0n) is 10.8. The fourth-order valence-electron chi connectivity index (χ4n) is 1.73. The van der Waals surface area contributed by atoms with Crippen LogP contribution in [0, 0.1) is 15.9 Å². The van der Waals surface area contributed by atoms with E-state index in [1.807, 2.05) is 0 Å². The summed E-state index contributed by atoms with van der Waals surface area (Å²) in [6, 6.07) is 7.49. The van der Waals surface area contributed by atoms with Crippen LogP contribution < -0.4 is 4.74 Å². The van der Waals surface area contributed by atoms with Crippen LogP contribution in [0.15, 0.2) is 36.4 Å². The lowest BCUT2D eigenvalue weighted by atomic mass is 10.1. The van der Waals surface area contributed by atoms with Crippen LogP contribution in [0.5, 0.6) is 11.5 Å². The van der Waals surface area contributed by atoms with Gasteiger partial charge in [-0.2, -0.15) is 0 Å². The second kappa shape index (κ2) is 5.88. The minimum absolute atomic E-state index is 0.0287. The number of nitro benzene ring substituents is 1. The minimum atomic E-state index is -0.735. The van der Waals surface area contributed by atoms with Crippen molar-refractivity contribution in [1.29, 1.82) is 0 Å². The van der Waals surface area contributed by atoms with E-state index in [4.69, 9.17) is 16.3 Å². The van der Waals surface area contributed by atoms with E-state index in [2.05, 4.69) is 0 Å². The number of benzene rings is 2. The lowest BCUT2D eigenvalue weighted by molar-refractivity contribution is -0.384. The highest BCUT2D eigenvalue weighted by molar-refractivity contribution is 6.32. The molecule has 0 spiro atoms. The third-order valence-corrected chi connectivity index (χ3v) is 2.99. The number of carbonyl (C=O) groups excluding carboxylic acids is 1. The normalized spacial score (nSPS) is 10.2. The summed E-state index contributed by atoms with van der Waals surface area (Å²) in [4.78, 5) is 21.6. The highest BCUT2D eigenvalue weighted by atomic mass is 35.5. The molecule has 0 atom stereocenters. The molecule has 7 heteroatoms. The first kappa shape index (κ1) is 14.9. The van der Waals surface area contributed by atoms with Crippen molar-refractivity contribution in [3.63, 3.8) is 0 Å². The molecule has 0 bridgehead atoms. The van der Waals surface area contributed by atoms with Crippen LogP contribution in [-0.2, 0) is 0 Å². The number of hydrogen-bond acceptors (Lipinski definition) is 4. The predicted molar refractivity (Wildman–Crippen MR) is 74.6 cm³/mol. The molecule has 0 radical (unpaired) electrons. The summed E-state index contributed by atoms with van der Waals surface area (Å²) < 4.78 is 19.0. The lowest BCUT2D eigenvalue weighted by Gasteiger charge is -2.11. The van der Waals surface area contributed by atoms with Crippen molar-refractivity contribution in [3.8, 4) is 11.5 Å². The summed E-state index contributed by atoms with van der Waals surface area (Å²) in [7, 11) is 0. The molecule has 0 fully saturated rings. The van der Waals surface area contributed by atoms with Gasteiger partial charge in [0.1, 0.15) is 11.6 Å². The average Bonchev–Trinajstić information content (AvgIpc) is 2.40. The summed E-state index contributed by atoms with van der Waals surface area (Å²) in [5.74, 6) is -1.34. The lowest BCUT2D eigenvalue weighted by Crippen LogP contribution is -2.01. The maximum Gasteiger partial charge on any atom is 0.273 e. The summed E-state index contributed by atoms with van der Waals surface area (Å²) >= 11 is 5.90. The SMILES string of the molecule is CC(=O)c1c(F)cccc1Oc1cc([N+](=O)[O-])ccc1Cl.